The van der Waals surface area contributed by atoms with Gasteiger partial charge in [-0.1, -0.05) is 20.3 Å². The van der Waals surface area contributed by atoms with Crippen molar-refractivity contribution in [3.8, 4) is 0 Å². The molecule has 20 heavy (non-hydrogen) atoms. The van der Waals surface area contributed by atoms with Gasteiger partial charge in [-0.15, -0.1) is 0 Å². The number of carbonyl (C=O) groups is 1. The van der Waals surface area contributed by atoms with Crippen molar-refractivity contribution >= 4 is 23.1 Å². The van der Waals surface area contributed by atoms with E-state index < -0.39 is 5.97 Å². The van der Waals surface area contributed by atoms with Gasteiger partial charge >= 0.3 is 5.97 Å². The van der Waals surface area contributed by atoms with E-state index in [1.807, 2.05) is 0 Å². The van der Waals surface area contributed by atoms with Gasteiger partial charge in [0.2, 0.25) is 0 Å². The third-order valence-corrected chi connectivity index (χ3v) is 3.51. The van der Waals surface area contributed by atoms with Crippen LogP contribution in [0.4, 0.5) is 6.01 Å². The van der Waals surface area contributed by atoms with Gasteiger partial charge in [0.1, 0.15) is 5.52 Å². The molecule has 0 spiro atoms. The zero-order valence-corrected chi connectivity index (χ0v) is 12.1. The van der Waals surface area contributed by atoms with Crippen molar-refractivity contribution in [2.45, 2.75) is 27.2 Å². The zero-order chi connectivity index (χ0) is 14.7. The summed E-state index contributed by atoms with van der Waals surface area (Å²) in [5, 5.41) is 8.98. The zero-order valence-electron chi connectivity index (χ0n) is 12.1. The molecule has 1 N–H and O–H groups in total. The Labute approximate surface area is 118 Å². The Bertz CT molecular complexity index is 606. The number of aromatic nitrogens is 1. The standard InChI is InChI=1S/C15H20N2O3/c1-4-10(3)9-17(5-2)15-16-12-7-6-11(14(18)19)8-13(12)20-15/h6-8,10H,4-5,9H2,1-3H3,(H,18,19). The summed E-state index contributed by atoms with van der Waals surface area (Å²) in [7, 11) is 0. The minimum atomic E-state index is -0.961. The molecule has 1 heterocycles. The van der Waals surface area contributed by atoms with Crippen molar-refractivity contribution in [1.82, 2.24) is 4.98 Å². The van der Waals surface area contributed by atoms with Crippen LogP contribution in [-0.2, 0) is 0 Å². The first-order valence-corrected chi connectivity index (χ1v) is 6.94. The summed E-state index contributed by atoms with van der Waals surface area (Å²) in [5.41, 5.74) is 1.42. The molecule has 108 valence electrons. The summed E-state index contributed by atoms with van der Waals surface area (Å²) < 4.78 is 5.71. The maximum absolute atomic E-state index is 11.0. The minimum absolute atomic E-state index is 0.213. The number of anilines is 1. The molecule has 0 amide bonds. The number of aromatic carboxylic acids is 1. The number of oxazole rings is 1. The maximum atomic E-state index is 11.0. The first-order valence-electron chi connectivity index (χ1n) is 6.94. The van der Waals surface area contributed by atoms with E-state index in [1.165, 1.54) is 6.07 Å². The summed E-state index contributed by atoms with van der Waals surface area (Å²) in [6.07, 6.45) is 1.10. The first-order chi connectivity index (χ1) is 9.55. The largest absolute Gasteiger partial charge is 0.478 e. The van der Waals surface area contributed by atoms with Gasteiger partial charge in [0, 0.05) is 13.1 Å². The Morgan fingerprint density at radius 3 is 2.80 bits per heavy atom. The van der Waals surface area contributed by atoms with E-state index in [4.69, 9.17) is 9.52 Å². The number of hydrogen-bond donors (Lipinski definition) is 1. The fraction of sp³-hybridized carbons (Fsp3) is 0.467. The average Bonchev–Trinajstić information content (AvgIpc) is 2.86. The van der Waals surface area contributed by atoms with Crippen LogP contribution in [0.25, 0.3) is 11.1 Å². The number of rotatable bonds is 6. The van der Waals surface area contributed by atoms with Crippen molar-refractivity contribution in [2.75, 3.05) is 18.0 Å². The van der Waals surface area contributed by atoms with Gasteiger partial charge in [-0.3, -0.25) is 0 Å². The average molecular weight is 276 g/mol. The van der Waals surface area contributed by atoms with E-state index in [9.17, 15) is 4.79 Å². The highest BCUT2D eigenvalue weighted by atomic mass is 16.4. The minimum Gasteiger partial charge on any atom is -0.478 e. The Morgan fingerprint density at radius 2 is 2.20 bits per heavy atom. The number of hydrogen-bond acceptors (Lipinski definition) is 4. The van der Waals surface area contributed by atoms with Crippen molar-refractivity contribution in [1.29, 1.82) is 0 Å². The van der Waals surface area contributed by atoms with E-state index >= 15 is 0 Å². The molecule has 1 aromatic carbocycles. The topological polar surface area (TPSA) is 66.6 Å². The number of carboxylic acid groups (broad SMARTS) is 1. The van der Waals surface area contributed by atoms with Crippen LogP contribution in [0, 0.1) is 5.92 Å². The number of nitrogens with zero attached hydrogens (tertiary/aromatic N) is 2. The fourth-order valence-corrected chi connectivity index (χ4v) is 2.03. The molecule has 2 aromatic rings. The van der Waals surface area contributed by atoms with Gasteiger partial charge in [0.05, 0.1) is 5.56 Å². The number of carboxylic acids is 1. The number of benzene rings is 1. The summed E-state index contributed by atoms with van der Waals surface area (Å²) in [6, 6.07) is 5.31. The Balaban J connectivity index is 2.32. The van der Waals surface area contributed by atoms with Crippen molar-refractivity contribution in [3.63, 3.8) is 0 Å². The smallest absolute Gasteiger partial charge is 0.335 e. The summed E-state index contributed by atoms with van der Waals surface area (Å²) >= 11 is 0. The molecule has 0 fully saturated rings. The molecular formula is C15H20N2O3. The van der Waals surface area contributed by atoms with E-state index in [-0.39, 0.29) is 5.56 Å². The van der Waals surface area contributed by atoms with Crippen LogP contribution >= 0.6 is 0 Å². The van der Waals surface area contributed by atoms with Crippen LogP contribution < -0.4 is 4.90 Å². The lowest BCUT2D eigenvalue weighted by Gasteiger charge is -2.21. The highest BCUT2D eigenvalue weighted by Gasteiger charge is 2.15. The molecule has 5 heteroatoms. The normalized spacial score (nSPS) is 12.6. The first kappa shape index (κ1) is 14.4. The molecule has 2 rings (SSSR count). The lowest BCUT2D eigenvalue weighted by molar-refractivity contribution is 0.0697. The van der Waals surface area contributed by atoms with Crippen LogP contribution in [0.3, 0.4) is 0 Å². The number of fused-ring (bicyclic) bond motifs is 1. The predicted octanol–water partition coefficient (Wildman–Crippen LogP) is 3.40. The monoisotopic (exact) mass is 276 g/mol. The fourth-order valence-electron chi connectivity index (χ4n) is 2.03. The molecule has 1 atom stereocenters. The molecule has 0 aliphatic heterocycles. The second-order valence-corrected chi connectivity index (χ2v) is 5.04. The van der Waals surface area contributed by atoms with E-state index in [2.05, 4.69) is 30.7 Å². The second-order valence-electron chi connectivity index (χ2n) is 5.04. The summed E-state index contributed by atoms with van der Waals surface area (Å²) in [5.74, 6) is -0.406. The molecule has 0 saturated carbocycles. The van der Waals surface area contributed by atoms with Crippen LogP contribution in [-0.4, -0.2) is 29.1 Å². The van der Waals surface area contributed by atoms with Crippen molar-refractivity contribution in [3.05, 3.63) is 23.8 Å². The molecule has 0 radical (unpaired) electrons. The highest BCUT2D eigenvalue weighted by Crippen LogP contribution is 2.24. The van der Waals surface area contributed by atoms with Crippen molar-refractivity contribution < 1.29 is 14.3 Å². The Morgan fingerprint density at radius 1 is 1.45 bits per heavy atom. The van der Waals surface area contributed by atoms with Crippen LogP contribution in [0.2, 0.25) is 0 Å². The van der Waals surface area contributed by atoms with Gasteiger partial charge in [0.15, 0.2) is 5.58 Å². The Hall–Kier alpha value is -2.04. The lowest BCUT2D eigenvalue weighted by Crippen LogP contribution is -2.28. The van der Waals surface area contributed by atoms with E-state index in [0.29, 0.717) is 23.0 Å². The highest BCUT2D eigenvalue weighted by molar-refractivity contribution is 5.92. The van der Waals surface area contributed by atoms with Crippen LogP contribution in [0.5, 0.6) is 0 Å². The van der Waals surface area contributed by atoms with E-state index in [0.717, 1.165) is 19.5 Å². The van der Waals surface area contributed by atoms with Gasteiger partial charge in [0.25, 0.3) is 6.01 Å². The van der Waals surface area contributed by atoms with Crippen molar-refractivity contribution in [2.24, 2.45) is 5.92 Å². The second kappa shape index (κ2) is 5.94. The molecule has 0 saturated heterocycles. The molecule has 0 aliphatic rings. The molecule has 5 nitrogen and oxygen atoms in total. The summed E-state index contributed by atoms with van der Waals surface area (Å²) in [6.45, 7) is 8.09. The van der Waals surface area contributed by atoms with Gasteiger partial charge in [-0.25, -0.2) is 4.79 Å². The van der Waals surface area contributed by atoms with Crippen LogP contribution in [0.1, 0.15) is 37.6 Å². The predicted molar refractivity (Wildman–Crippen MR) is 78.3 cm³/mol. The molecule has 1 aromatic heterocycles. The molecule has 1 unspecified atom stereocenters. The van der Waals surface area contributed by atoms with Gasteiger partial charge in [-0.2, -0.15) is 4.98 Å². The van der Waals surface area contributed by atoms with E-state index in [1.54, 1.807) is 12.1 Å². The SMILES string of the molecule is CCC(C)CN(CC)c1nc2ccc(C(=O)O)cc2o1. The maximum Gasteiger partial charge on any atom is 0.335 e. The summed E-state index contributed by atoms with van der Waals surface area (Å²) in [4.78, 5) is 17.5. The van der Waals surface area contributed by atoms with Crippen LogP contribution in [0.15, 0.2) is 22.6 Å². The quantitative estimate of drug-likeness (QED) is 0.875. The molecular weight excluding hydrogens is 256 g/mol. The Kier molecular flexibility index (Phi) is 4.27. The molecule has 0 bridgehead atoms. The van der Waals surface area contributed by atoms with Gasteiger partial charge in [-0.05, 0) is 31.0 Å². The third-order valence-electron chi connectivity index (χ3n) is 3.51. The van der Waals surface area contributed by atoms with Gasteiger partial charge < -0.3 is 14.4 Å². The lowest BCUT2D eigenvalue weighted by atomic mass is 10.1. The molecule has 0 aliphatic carbocycles. The third kappa shape index (κ3) is 2.92.